The molecule has 0 aliphatic carbocycles. The summed E-state index contributed by atoms with van der Waals surface area (Å²) in [5.74, 6) is 2.21. The molecule has 0 unspecified atom stereocenters. The Bertz CT molecular complexity index is 529. The highest BCUT2D eigenvalue weighted by molar-refractivity contribution is 5.40. The molecule has 1 atom stereocenters. The van der Waals surface area contributed by atoms with Gasteiger partial charge >= 0.3 is 0 Å². The summed E-state index contributed by atoms with van der Waals surface area (Å²) in [4.78, 5) is 0. The zero-order chi connectivity index (χ0) is 13.8. The van der Waals surface area contributed by atoms with Crippen molar-refractivity contribution in [2.75, 3.05) is 0 Å². The van der Waals surface area contributed by atoms with Crippen LogP contribution in [0.2, 0.25) is 0 Å². The number of para-hydroxylation sites is 1. The molecule has 0 radical (unpaired) electrons. The van der Waals surface area contributed by atoms with Crippen LogP contribution in [0.1, 0.15) is 43.9 Å². The average Bonchev–Trinajstić information content (AvgIpc) is 2.39. The van der Waals surface area contributed by atoms with Crippen LogP contribution in [0.3, 0.4) is 0 Å². The lowest BCUT2D eigenvalue weighted by Crippen LogP contribution is -2.06. The molecule has 0 amide bonds. The molecule has 2 aromatic carbocycles. The minimum absolute atomic E-state index is 0.0360. The van der Waals surface area contributed by atoms with Gasteiger partial charge in [0.1, 0.15) is 11.5 Å². The SMILES string of the molecule is CC(C)c1ccc(Oc2ccccc2[C@H](C)N)cc1. The second kappa shape index (κ2) is 5.89. The van der Waals surface area contributed by atoms with Gasteiger partial charge in [-0.3, -0.25) is 0 Å². The Balaban J connectivity index is 2.21. The summed E-state index contributed by atoms with van der Waals surface area (Å²) in [7, 11) is 0. The number of rotatable bonds is 4. The van der Waals surface area contributed by atoms with Crippen LogP contribution in [0, 0.1) is 0 Å². The van der Waals surface area contributed by atoms with E-state index >= 15 is 0 Å². The highest BCUT2D eigenvalue weighted by Crippen LogP contribution is 2.29. The zero-order valence-corrected chi connectivity index (χ0v) is 11.8. The smallest absolute Gasteiger partial charge is 0.132 e. The van der Waals surface area contributed by atoms with E-state index in [1.807, 2.05) is 43.3 Å². The lowest BCUT2D eigenvalue weighted by atomic mass is 10.0. The molecule has 2 nitrogen and oxygen atoms in total. The van der Waals surface area contributed by atoms with Gasteiger partial charge in [0.15, 0.2) is 0 Å². The summed E-state index contributed by atoms with van der Waals surface area (Å²) >= 11 is 0. The minimum atomic E-state index is -0.0360. The maximum atomic E-state index is 5.95. The molecule has 0 aliphatic heterocycles. The van der Waals surface area contributed by atoms with Gasteiger partial charge in [-0.05, 0) is 36.6 Å². The summed E-state index contributed by atoms with van der Waals surface area (Å²) in [5.41, 5.74) is 8.29. The normalized spacial score (nSPS) is 12.5. The Morgan fingerprint density at radius 1 is 0.895 bits per heavy atom. The van der Waals surface area contributed by atoms with Crippen LogP contribution in [0.5, 0.6) is 11.5 Å². The maximum Gasteiger partial charge on any atom is 0.132 e. The van der Waals surface area contributed by atoms with Crippen molar-refractivity contribution in [3.05, 3.63) is 59.7 Å². The van der Waals surface area contributed by atoms with Gasteiger partial charge in [0.2, 0.25) is 0 Å². The van der Waals surface area contributed by atoms with Gasteiger partial charge < -0.3 is 10.5 Å². The fourth-order valence-corrected chi connectivity index (χ4v) is 2.00. The fourth-order valence-electron chi connectivity index (χ4n) is 2.00. The van der Waals surface area contributed by atoms with E-state index in [-0.39, 0.29) is 6.04 Å². The molecule has 2 N–H and O–H groups in total. The number of benzene rings is 2. The third-order valence-electron chi connectivity index (χ3n) is 3.18. The van der Waals surface area contributed by atoms with Gasteiger partial charge in [-0.25, -0.2) is 0 Å². The molecular weight excluding hydrogens is 234 g/mol. The molecule has 2 aromatic rings. The number of ether oxygens (including phenoxy) is 1. The quantitative estimate of drug-likeness (QED) is 0.865. The fraction of sp³-hybridized carbons (Fsp3) is 0.294. The highest BCUT2D eigenvalue weighted by atomic mass is 16.5. The van der Waals surface area contributed by atoms with Crippen molar-refractivity contribution in [3.63, 3.8) is 0 Å². The third-order valence-corrected chi connectivity index (χ3v) is 3.18. The van der Waals surface area contributed by atoms with Crippen molar-refractivity contribution >= 4 is 0 Å². The molecule has 0 fully saturated rings. The molecule has 0 bridgehead atoms. The summed E-state index contributed by atoms with van der Waals surface area (Å²) in [6.07, 6.45) is 0. The standard InChI is InChI=1S/C17H21NO/c1-12(2)14-8-10-15(11-9-14)19-17-7-5-4-6-16(17)13(3)18/h4-13H,18H2,1-3H3/t13-/m0/s1. The maximum absolute atomic E-state index is 5.95. The Hall–Kier alpha value is -1.80. The largest absolute Gasteiger partial charge is 0.457 e. The van der Waals surface area contributed by atoms with Crippen LogP contribution >= 0.6 is 0 Å². The van der Waals surface area contributed by atoms with Gasteiger partial charge in [0.05, 0.1) is 0 Å². The van der Waals surface area contributed by atoms with Crippen molar-refractivity contribution in [1.29, 1.82) is 0 Å². The van der Waals surface area contributed by atoms with Crippen LogP contribution in [0.15, 0.2) is 48.5 Å². The van der Waals surface area contributed by atoms with Crippen molar-refractivity contribution in [3.8, 4) is 11.5 Å². The predicted octanol–water partition coefficient (Wildman–Crippen LogP) is 4.62. The first-order valence-electron chi connectivity index (χ1n) is 6.70. The molecule has 2 rings (SSSR count). The Kier molecular flexibility index (Phi) is 4.23. The van der Waals surface area contributed by atoms with Gasteiger partial charge in [0.25, 0.3) is 0 Å². The molecule has 100 valence electrons. The van der Waals surface area contributed by atoms with E-state index in [2.05, 4.69) is 26.0 Å². The molecule has 0 aromatic heterocycles. The van der Waals surface area contributed by atoms with Crippen LogP contribution in [0.4, 0.5) is 0 Å². The van der Waals surface area contributed by atoms with Gasteiger partial charge in [0, 0.05) is 11.6 Å². The summed E-state index contributed by atoms with van der Waals surface area (Å²) in [6, 6.07) is 16.1. The lowest BCUT2D eigenvalue weighted by Gasteiger charge is -2.14. The number of hydrogen-bond donors (Lipinski definition) is 1. The van der Waals surface area contributed by atoms with Crippen LogP contribution in [-0.2, 0) is 0 Å². The van der Waals surface area contributed by atoms with E-state index in [4.69, 9.17) is 10.5 Å². The zero-order valence-electron chi connectivity index (χ0n) is 11.8. The van der Waals surface area contributed by atoms with Gasteiger partial charge in [-0.2, -0.15) is 0 Å². The molecule has 0 heterocycles. The highest BCUT2D eigenvalue weighted by Gasteiger charge is 2.08. The molecular formula is C17H21NO. The van der Waals surface area contributed by atoms with Crippen molar-refractivity contribution < 1.29 is 4.74 Å². The summed E-state index contributed by atoms with van der Waals surface area (Å²) in [6.45, 7) is 6.33. The first kappa shape index (κ1) is 13.6. The Labute approximate surface area is 115 Å². The lowest BCUT2D eigenvalue weighted by molar-refractivity contribution is 0.472. The van der Waals surface area contributed by atoms with E-state index in [0.717, 1.165) is 17.1 Å². The topological polar surface area (TPSA) is 35.2 Å². The molecule has 2 heteroatoms. The van der Waals surface area contributed by atoms with Crippen molar-refractivity contribution in [2.45, 2.75) is 32.7 Å². The van der Waals surface area contributed by atoms with E-state index in [1.165, 1.54) is 5.56 Å². The average molecular weight is 255 g/mol. The molecule has 0 saturated heterocycles. The Morgan fingerprint density at radius 3 is 2.11 bits per heavy atom. The molecule has 0 aliphatic rings. The summed E-state index contributed by atoms with van der Waals surface area (Å²) in [5, 5.41) is 0. The van der Waals surface area contributed by atoms with Crippen LogP contribution in [0.25, 0.3) is 0 Å². The first-order valence-corrected chi connectivity index (χ1v) is 6.70. The van der Waals surface area contributed by atoms with Crippen LogP contribution < -0.4 is 10.5 Å². The summed E-state index contributed by atoms with van der Waals surface area (Å²) < 4.78 is 5.93. The van der Waals surface area contributed by atoms with Crippen molar-refractivity contribution in [2.24, 2.45) is 5.73 Å². The van der Waals surface area contributed by atoms with Crippen molar-refractivity contribution in [1.82, 2.24) is 0 Å². The molecule has 0 spiro atoms. The van der Waals surface area contributed by atoms with E-state index in [0.29, 0.717) is 5.92 Å². The minimum Gasteiger partial charge on any atom is -0.457 e. The Morgan fingerprint density at radius 2 is 1.53 bits per heavy atom. The predicted molar refractivity (Wildman–Crippen MR) is 79.6 cm³/mol. The third kappa shape index (κ3) is 3.36. The molecule has 19 heavy (non-hydrogen) atoms. The van der Waals surface area contributed by atoms with E-state index in [1.54, 1.807) is 0 Å². The molecule has 0 saturated carbocycles. The number of nitrogens with two attached hydrogens (primary N) is 1. The second-order valence-corrected chi connectivity index (χ2v) is 5.15. The second-order valence-electron chi connectivity index (χ2n) is 5.15. The van der Waals surface area contributed by atoms with Crippen LogP contribution in [-0.4, -0.2) is 0 Å². The monoisotopic (exact) mass is 255 g/mol. The number of hydrogen-bond acceptors (Lipinski definition) is 2. The van der Waals surface area contributed by atoms with Gasteiger partial charge in [-0.15, -0.1) is 0 Å². The van der Waals surface area contributed by atoms with E-state index in [9.17, 15) is 0 Å². The van der Waals surface area contributed by atoms with E-state index < -0.39 is 0 Å². The van der Waals surface area contributed by atoms with Gasteiger partial charge in [-0.1, -0.05) is 44.2 Å². The first-order chi connectivity index (χ1) is 9.08.